The van der Waals surface area contributed by atoms with Crippen molar-refractivity contribution in [1.29, 1.82) is 0 Å². The minimum Gasteiger partial charge on any atom is -0.330 e. The van der Waals surface area contributed by atoms with Gasteiger partial charge in [0.05, 0.1) is 16.5 Å². The number of nitrogens with one attached hydrogen (secondary N) is 1. The van der Waals surface area contributed by atoms with Crippen LogP contribution in [-0.4, -0.2) is 24.0 Å². The number of hydrogen-bond acceptors (Lipinski definition) is 3. The molecule has 18 heavy (non-hydrogen) atoms. The molecule has 1 amide bonds. The zero-order chi connectivity index (χ0) is 13.5. The summed E-state index contributed by atoms with van der Waals surface area (Å²) < 4.78 is 0.886. The van der Waals surface area contributed by atoms with Crippen molar-refractivity contribution in [3.63, 3.8) is 0 Å². The molecule has 0 aliphatic rings. The molecule has 0 aliphatic heterocycles. The van der Waals surface area contributed by atoms with Gasteiger partial charge in [-0.2, -0.15) is 11.8 Å². The molecule has 0 bridgehead atoms. The molecule has 0 saturated carbocycles. The second-order valence-corrected chi connectivity index (χ2v) is 6.38. The Morgan fingerprint density at radius 1 is 1.61 bits per heavy atom. The van der Waals surface area contributed by atoms with E-state index in [0.29, 0.717) is 28.9 Å². The number of amides is 1. The van der Waals surface area contributed by atoms with Gasteiger partial charge in [0, 0.05) is 4.47 Å². The zero-order valence-electron chi connectivity index (χ0n) is 10.1. The third-order valence-electron chi connectivity index (χ3n) is 2.24. The van der Waals surface area contributed by atoms with Crippen LogP contribution in [0.15, 0.2) is 22.7 Å². The van der Waals surface area contributed by atoms with Gasteiger partial charge in [-0.15, -0.1) is 0 Å². The predicted octanol–water partition coefficient (Wildman–Crippen LogP) is 3.37. The minimum absolute atomic E-state index is 0.0477. The van der Waals surface area contributed by atoms with Gasteiger partial charge in [0.15, 0.2) is 0 Å². The largest absolute Gasteiger partial charge is 0.330 e. The lowest BCUT2D eigenvalue weighted by atomic mass is 10.2. The number of carbonyl (C=O) groups excluding carboxylic acids is 1. The molecule has 1 unspecified atom stereocenters. The van der Waals surface area contributed by atoms with Crippen LogP contribution >= 0.6 is 39.3 Å². The van der Waals surface area contributed by atoms with Gasteiger partial charge >= 0.3 is 0 Å². The summed E-state index contributed by atoms with van der Waals surface area (Å²) in [5, 5.41) is 3.31. The van der Waals surface area contributed by atoms with E-state index in [1.54, 1.807) is 23.9 Å². The summed E-state index contributed by atoms with van der Waals surface area (Å²) in [5.74, 6) is 1.68. The maximum absolute atomic E-state index is 11.7. The van der Waals surface area contributed by atoms with Crippen molar-refractivity contribution in [3.8, 4) is 0 Å². The Balaban J connectivity index is 2.40. The maximum Gasteiger partial charge on any atom is 0.234 e. The fraction of sp³-hybridized carbons (Fsp3) is 0.417. The van der Waals surface area contributed by atoms with Crippen LogP contribution in [0, 0.1) is 5.92 Å². The van der Waals surface area contributed by atoms with Crippen molar-refractivity contribution >= 4 is 50.9 Å². The van der Waals surface area contributed by atoms with E-state index >= 15 is 0 Å². The van der Waals surface area contributed by atoms with Gasteiger partial charge < -0.3 is 11.1 Å². The molecular formula is C12H16BrClN2OS. The van der Waals surface area contributed by atoms with Gasteiger partial charge in [0.25, 0.3) is 0 Å². The Morgan fingerprint density at radius 3 is 2.94 bits per heavy atom. The Kier molecular flexibility index (Phi) is 7.07. The molecule has 0 aliphatic carbocycles. The van der Waals surface area contributed by atoms with E-state index in [2.05, 4.69) is 28.2 Å². The van der Waals surface area contributed by atoms with E-state index in [4.69, 9.17) is 17.3 Å². The van der Waals surface area contributed by atoms with Crippen LogP contribution in [0.4, 0.5) is 5.69 Å². The first-order valence-electron chi connectivity index (χ1n) is 5.55. The number of hydrogen-bond donors (Lipinski definition) is 2. The first kappa shape index (κ1) is 15.8. The van der Waals surface area contributed by atoms with E-state index in [-0.39, 0.29) is 5.91 Å². The third kappa shape index (κ3) is 5.61. The number of rotatable bonds is 6. The van der Waals surface area contributed by atoms with Crippen LogP contribution in [0.2, 0.25) is 5.02 Å². The van der Waals surface area contributed by atoms with Crippen LogP contribution < -0.4 is 11.1 Å². The molecule has 3 N–H and O–H groups in total. The van der Waals surface area contributed by atoms with E-state index in [9.17, 15) is 4.79 Å². The lowest BCUT2D eigenvalue weighted by molar-refractivity contribution is -0.113. The molecule has 1 rings (SSSR count). The van der Waals surface area contributed by atoms with E-state index in [1.165, 1.54) is 0 Å². The van der Waals surface area contributed by atoms with E-state index in [1.807, 2.05) is 6.07 Å². The van der Waals surface area contributed by atoms with Crippen molar-refractivity contribution < 1.29 is 4.79 Å². The molecule has 100 valence electrons. The molecule has 3 nitrogen and oxygen atoms in total. The smallest absolute Gasteiger partial charge is 0.234 e. The summed E-state index contributed by atoms with van der Waals surface area (Å²) in [7, 11) is 0. The number of nitrogens with two attached hydrogens (primary N) is 1. The van der Waals surface area contributed by atoms with Gasteiger partial charge in [-0.25, -0.2) is 0 Å². The Bertz CT molecular complexity index is 417. The second kappa shape index (κ2) is 8.04. The lowest BCUT2D eigenvalue weighted by Gasteiger charge is -2.09. The van der Waals surface area contributed by atoms with Crippen molar-refractivity contribution in [2.24, 2.45) is 11.7 Å². The summed E-state index contributed by atoms with van der Waals surface area (Å²) >= 11 is 10.9. The van der Waals surface area contributed by atoms with E-state index in [0.717, 1.165) is 10.2 Å². The lowest BCUT2D eigenvalue weighted by Crippen LogP contribution is -2.17. The highest BCUT2D eigenvalue weighted by atomic mass is 79.9. The van der Waals surface area contributed by atoms with Crippen LogP contribution in [-0.2, 0) is 4.79 Å². The Morgan fingerprint density at radius 2 is 2.33 bits per heavy atom. The quantitative estimate of drug-likeness (QED) is 0.826. The second-order valence-electron chi connectivity index (χ2n) is 4.03. The highest BCUT2D eigenvalue weighted by Gasteiger charge is 2.07. The molecule has 0 fully saturated rings. The standard InChI is InChI=1S/C12H16BrClN2OS/c1-8(5-15)6-18-7-12(17)16-11-3-2-9(13)4-10(11)14/h2-4,8H,5-7,15H2,1H3,(H,16,17). The van der Waals surface area contributed by atoms with Crippen LogP contribution in [0.3, 0.4) is 0 Å². The summed E-state index contributed by atoms with van der Waals surface area (Å²) in [6.45, 7) is 2.71. The van der Waals surface area contributed by atoms with E-state index < -0.39 is 0 Å². The first-order chi connectivity index (χ1) is 8.52. The molecule has 0 spiro atoms. The number of benzene rings is 1. The van der Waals surface area contributed by atoms with Crippen molar-refractivity contribution in [2.75, 3.05) is 23.4 Å². The van der Waals surface area contributed by atoms with Crippen LogP contribution in [0.25, 0.3) is 0 Å². The van der Waals surface area contributed by atoms with Gasteiger partial charge in [-0.3, -0.25) is 4.79 Å². The number of anilines is 1. The average Bonchev–Trinajstić information content (AvgIpc) is 2.32. The van der Waals surface area contributed by atoms with Crippen molar-refractivity contribution in [3.05, 3.63) is 27.7 Å². The summed E-state index contributed by atoms with van der Waals surface area (Å²) in [6, 6.07) is 5.36. The summed E-state index contributed by atoms with van der Waals surface area (Å²) in [6.07, 6.45) is 0. The number of thioether (sulfide) groups is 1. The Labute approximate surface area is 125 Å². The molecular weight excluding hydrogens is 336 g/mol. The average molecular weight is 352 g/mol. The summed E-state index contributed by atoms with van der Waals surface area (Å²) in [5.41, 5.74) is 6.15. The molecule has 1 aromatic carbocycles. The molecule has 0 heterocycles. The SMILES string of the molecule is CC(CN)CSCC(=O)Nc1ccc(Br)cc1Cl. The topological polar surface area (TPSA) is 55.1 Å². The third-order valence-corrected chi connectivity index (χ3v) is 4.32. The molecule has 6 heteroatoms. The fourth-order valence-corrected chi connectivity index (χ4v) is 2.83. The van der Waals surface area contributed by atoms with Gasteiger partial charge in [0.2, 0.25) is 5.91 Å². The van der Waals surface area contributed by atoms with Gasteiger partial charge in [-0.05, 0) is 36.4 Å². The maximum atomic E-state index is 11.7. The van der Waals surface area contributed by atoms with Crippen molar-refractivity contribution in [2.45, 2.75) is 6.92 Å². The van der Waals surface area contributed by atoms with Gasteiger partial charge in [-0.1, -0.05) is 34.5 Å². The highest BCUT2D eigenvalue weighted by molar-refractivity contribution is 9.10. The monoisotopic (exact) mass is 350 g/mol. The normalized spacial score (nSPS) is 12.2. The van der Waals surface area contributed by atoms with Crippen molar-refractivity contribution in [1.82, 2.24) is 0 Å². The fourth-order valence-electron chi connectivity index (χ4n) is 1.20. The zero-order valence-corrected chi connectivity index (χ0v) is 13.2. The van der Waals surface area contributed by atoms with Crippen LogP contribution in [0.1, 0.15) is 6.92 Å². The molecule has 0 radical (unpaired) electrons. The first-order valence-corrected chi connectivity index (χ1v) is 7.88. The van der Waals surface area contributed by atoms with Crippen LogP contribution in [0.5, 0.6) is 0 Å². The van der Waals surface area contributed by atoms with Gasteiger partial charge in [0.1, 0.15) is 0 Å². The molecule has 0 aromatic heterocycles. The minimum atomic E-state index is -0.0477. The Hall–Kier alpha value is -0.230. The molecule has 1 aromatic rings. The number of carbonyl (C=O) groups is 1. The number of halogens is 2. The highest BCUT2D eigenvalue weighted by Crippen LogP contribution is 2.25. The summed E-state index contributed by atoms with van der Waals surface area (Å²) in [4.78, 5) is 11.7. The molecule has 1 atom stereocenters. The molecule has 0 saturated heterocycles. The predicted molar refractivity (Wildman–Crippen MR) is 83.3 cm³/mol.